The fourth-order valence-electron chi connectivity index (χ4n) is 4.59. The summed E-state index contributed by atoms with van der Waals surface area (Å²) in [5.74, 6) is 3.10. The molecule has 1 aliphatic heterocycles. The van der Waals surface area contributed by atoms with E-state index < -0.39 is 0 Å². The Hall–Kier alpha value is -3.55. The first kappa shape index (κ1) is 18.2. The average Bonchev–Trinajstić information content (AvgIpc) is 3.42. The number of fused-ring (bicyclic) bond motifs is 2. The van der Waals surface area contributed by atoms with Crippen molar-refractivity contribution in [1.82, 2.24) is 34.2 Å². The lowest BCUT2D eigenvalue weighted by molar-refractivity contribution is -0.135. The molecule has 1 amide bonds. The van der Waals surface area contributed by atoms with Crippen LogP contribution in [0, 0.1) is 6.92 Å². The number of benzene rings is 1. The highest BCUT2D eigenvalue weighted by molar-refractivity contribution is 5.97. The number of hydrogen-bond donors (Lipinski definition) is 0. The van der Waals surface area contributed by atoms with E-state index in [0.29, 0.717) is 18.3 Å². The molecule has 0 N–H and O–H groups in total. The minimum Gasteiger partial charge on any atom is -0.338 e. The van der Waals surface area contributed by atoms with Crippen molar-refractivity contribution in [2.75, 3.05) is 7.05 Å². The van der Waals surface area contributed by atoms with Crippen LogP contribution in [-0.4, -0.2) is 47.2 Å². The van der Waals surface area contributed by atoms with Crippen LogP contribution in [0.3, 0.4) is 0 Å². The molecule has 0 radical (unpaired) electrons. The van der Waals surface area contributed by atoms with Crippen LogP contribution in [0.4, 0.5) is 0 Å². The van der Waals surface area contributed by atoms with Crippen LogP contribution < -0.4 is 0 Å². The Balaban J connectivity index is 1.53. The number of imidazole rings is 1. The number of amides is 1. The number of carbonyl (C=O) groups excluding carboxylic acids is 1. The summed E-state index contributed by atoms with van der Waals surface area (Å²) in [5.41, 5.74) is 3.13. The van der Waals surface area contributed by atoms with Crippen molar-refractivity contribution in [2.24, 2.45) is 0 Å². The van der Waals surface area contributed by atoms with E-state index >= 15 is 0 Å². The Morgan fingerprint density at radius 3 is 2.74 bits per heavy atom. The Kier molecular flexibility index (Phi) is 3.81. The molecule has 1 atom stereocenters. The lowest BCUT2D eigenvalue weighted by atomic mass is 10.0. The third-order valence-corrected chi connectivity index (χ3v) is 6.33. The van der Waals surface area contributed by atoms with Gasteiger partial charge in [0.05, 0.1) is 17.9 Å². The molecular formula is C23H23N7O. The minimum atomic E-state index is -0.221. The summed E-state index contributed by atoms with van der Waals surface area (Å²) in [6.07, 6.45) is 5.85. The molecule has 6 rings (SSSR count). The second-order valence-electron chi connectivity index (χ2n) is 8.59. The highest BCUT2D eigenvalue weighted by Crippen LogP contribution is 2.44. The van der Waals surface area contributed by atoms with E-state index in [1.165, 1.54) is 0 Å². The zero-order valence-corrected chi connectivity index (χ0v) is 17.8. The molecule has 0 spiro atoms. The van der Waals surface area contributed by atoms with Crippen LogP contribution in [-0.2, 0) is 11.3 Å². The van der Waals surface area contributed by atoms with Crippen LogP contribution in [0.1, 0.15) is 49.1 Å². The SMILES string of the molecule is Cc1ncn(-c2cc3cccc(-c4nc(C5CC5)n5c4CN(C)C(=O)[C@@H]5C)c3cn2)n1. The number of pyridine rings is 1. The number of likely N-dealkylation sites (N-methyl/N-ethyl adjacent to an activating group) is 1. The number of aryl methyl sites for hydroxylation is 1. The second kappa shape index (κ2) is 6.47. The van der Waals surface area contributed by atoms with Crippen LogP contribution in [0.2, 0.25) is 0 Å². The normalized spacial score (nSPS) is 18.6. The van der Waals surface area contributed by atoms with E-state index in [9.17, 15) is 4.79 Å². The Bertz CT molecular complexity index is 1350. The Morgan fingerprint density at radius 2 is 2.00 bits per heavy atom. The number of rotatable bonds is 3. The highest BCUT2D eigenvalue weighted by Gasteiger charge is 2.38. The minimum absolute atomic E-state index is 0.144. The molecule has 156 valence electrons. The molecule has 1 saturated carbocycles. The van der Waals surface area contributed by atoms with Crippen molar-refractivity contribution in [1.29, 1.82) is 0 Å². The monoisotopic (exact) mass is 413 g/mol. The van der Waals surface area contributed by atoms with Gasteiger partial charge in [-0.2, -0.15) is 5.10 Å². The van der Waals surface area contributed by atoms with E-state index in [-0.39, 0.29) is 11.9 Å². The van der Waals surface area contributed by atoms with Gasteiger partial charge < -0.3 is 9.47 Å². The van der Waals surface area contributed by atoms with Gasteiger partial charge in [0, 0.05) is 30.1 Å². The summed E-state index contributed by atoms with van der Waals surface area (Å²) in [5, 5.41) is 6.48. The van der Waals surface area contributed by atoms with Crippen molar-refractivity contribution in [3.8, 4) is 17.1 Å². The summed E-state index contributed by atoms with van der Waals surface area (Å²) in [6, 6.07) is 8.04. The molecule has 31 heavy (non-hydrogen) atoms. The van der Waals surface area contributed by atoms with E-state index in [1.807, 2.05) is 33.2 Å². The first-order chi connectivity index (χ1) is 15.0. The zero-order valence-electron chi connectivity index (χ0n) is 17.8. The van der Waals surface area contributed by atoms with Crippen LogP contribution in [0.15, 0.2) is 36.8 Å². The van der Waals surface area contributed by atoms with E-state index in [2.05, 4.69) is 37.8 Å². The quantitative estimate of drug-likeness (QED) is 0.514. The molecule has 4 aromatic rings. The van der Waals surface area contributed by atoms with Crippen molar-refractivity contribution in [2.45, 2.75) is 45.2 Å². The van der Waals surface area contributed by atoms with Gasteiger partial charge in [0.2, 0.25) is 5.91 Å². The molecule has 4 heterocycles. The maximum Gasteiger partial charge on any atom is 0.245 e. The van der Waals surface area contributed by atoms with Crippen molar-refractivity contribution in [3.05, 3.63) is 54.1 Å². The number of aromatic nitrogens is 6. The number of nitrogens with zero attached hydrogens (tertiary/aromatic N) is 7. The molecule has 1 aromatic carbocycles. The van der Waals surface area contributed by atoms with E-state index in [1.54, 1.807) is 15.9 Å². The molecular weight excluding hydrogens is 390 g/mol. The lowest BCUT2D eigenvalue weighted by Gasteiger charge is -2.31. The standard InChI is InChI=1S/C23H23N7O/c1-13-23(31)28(3)11-19-21(26-22(30(13)19)15-7-8-15)17-6-4-5-16-9-20(24-10-18(16)17)29-12-25-14(2)27-29/h4-6,9-10,12-13,15H,7-8,11H2,1-3H3/t13-/m0/s1. The van der Waals surface area contributed by atoms with Crippen molar-refractivity contribution >= 4 is 16.7 Å². The summed E-state index contributed by atoms with van der Waals surface area (Å²) in [4.78, 5) is 28.4. The second-order valence-corrected chi connectivity index (χ2v) is 8.59. The Morgan fingerprint density at radius 1 is 1.16 bits per heavy atom. The first-order valence-electron chi connectivity index (χ1n) is 10.6. The first-order valence-corrected chi connectivity index (χ1v) is 10.6. The van der Waals surface area contributed by atoms with Crippen molar-refractivity contribution in [3.63, 3.8) is 0 Å². The van der Waals surface area contributed by atoms with Gasteiger partial charge >= 0.3 is 0 Å². The fraction of sp³-hybridized carbons (Fsp3) is 0.348. The van der Waals surface area contributed by atoms with E-state index in [0.717, 1.165) is 52.2 Å². The van der Waals surface area contributed by atoms with Crippen LogP contribution in [0.5, 0.6) is 0 Å². The van der Waals surface area contributed by atoms with Crippen LogP contribution in [0.25, 0.3) is 27.8 Å². The summed E-state index contributed by atoms with van der Waals surface area (Å²) in [6.45, 7) is 4.41. The summed E-state index contributed by atoms with van der Waals surface area (Å²) in [7, 11) is 1.87. The van der Waals surface area contributed by atoms with Gasteiger partial charge in [-0.3, -0.25) is 4.79 Å². The van der Waals surface area contributed by atoms with E-state index in [4.69, 9.17) is 4.98 Å². The predicted octanol–water partition coefficient (Wildman–Crippen LogP) is 3.40. The topological polar surface area (TPSA) is 81.7 Å². The lowest BCUT2D eigenvalue weighted by Crippen LogP contribution is -2.39. The average molecular weight is 413 g/mol. The number of carbonyl (C=O) groups is 1. The molecule has 3 aromatic heterocycles. The summed E-state index contributed by atoms with van der Waals surface area (Å²) >= 11 is 0. The van der Waals surface area contributed by atoms with Gasteiger partial charge in [0.25, 0.3) is 0 Å². The van der Waals surface area contributed by atoms with Gasteiger partial charge in [0.1, 0.15) is 24.0 Å². The molecule has 2 aliphatic rings. The maximum atomic E-state index is 12.7. The molecule has 0 unspecified atom stereocenters. The van der Waals surface area contributed by atoms with Gasteiger partial charge in [-0.15, -0.1) is 0 Å². The molecule has 8 heteroatoms. The molecule has 1 fully saturated rings. The smallest absolute Gasteiger partial charge is 0.245 e. The predicted molar refractivity (Wildman–Crippen MR) is 116 cm³/mol. The maximum absolute atomic E-state index is 12.7. The van der Waals surface area contributed by atoms with Crippen molar-refractivity contribution < 1.29 is 4.79 Å². The largest absolute Gasteiger partial charge is 0.338 e. The zero-order chi connectivity index (χ0) is 21.3. The molecule has 0 bridgehead atoms. The van der Waals surface area contributed by atoms with Gasteiger partial charge in [-0.05, 0) is 38.1 Å². The highest BCUT2D eigenvalue weighted by atomic mass is 16.2. The Labute approximate surface area is 179 Å². The number of hydrogen-bond acceptors (Lipinski definition) is 5. The summed E-state index contributed by atoms with van der Waals surface area (Å²) < 4.78 is 3.88. The van der Waals surface area contributed by atoms with Gasteiger partial charge in [-0.1, -0.05) is 18.2 Å². The van der Waals surface area contributed by atoms with Gasteiger partial charge in [-0.25, -0.2) is 19.6 Å². The fourth-order valence-corrected chi connectivity index (χ4v) is 4.59. The van der Waals surface area contributed by atoms with Gasteiger partial charge in [0.15, 0.2) is 5.82 Å². The third-order valence-electron chi connectivity index (χ3n) is 6.33. The molecule has 1 aliphatic carbocycles. The molecule has 0 saturated heterocycles. The third kappa shape index (κ3) is 2.78. The molecule has 8 nitrogen and oxygen atoms in total. The van der Waals surface area contributed by atoms with Crippen LogP contribution >= 0.6 is 0 Å².